The molecule has 0 saturated heterocycles. The van der Waals surface area contributed by atoms with Crippen LogP contribution in [0.1, 0.15) is 49.0 Å². The van der Waals surface area contributed by atoms with Gasteiger partial charge >= 0.3 is 0 Å². The highest BCUT2D eigenvalue weighted by atomic mass is 35.5. The summed E-state index contributed by atoms with van der Waals surface area (Å²) in [5.74, 6) is -0.282. The van der Waals surface area contributed by atoms with Gasteiger partial charge in [-0.2, -0.15) is 0 Å². The molecule has 0 radical (unpaired) electrons. The zero-order chi connectivity index (χ0) is 13.8. The Balaban J connectivity index is 2.09. The molecule has 0 atom stereocenters. The number of aromatic nitrogens is 1. The van der Waals surface area contributed by atoms with Crippen LogP contribution in [0.2, 0.25) is 15.1 Å². The first-order chi connectivity index (χ1) is 9.09. The third-order valence-corrected chi connectivity index (χ3v) is 4.56. The lowest BCUT2D eigenvalue weighted by Crippen LogP contribution is -2.35. The molecule has 6 heteroatoms. The quantitative estimate of drug-likeness (QED) is 0.815. The maximum absolute atomic E-state index is 12.1. The second-order valence-corrected chi connectivity index (χ2v) is 5.91. The minimum Gasteiger partial charge on any atom is -0.348 e. The molecule has 1 aromatic rings. The Morgan fingerprint density at radius 1 is 1.11 bits per heavy atom. The van der Waals surface area contributed by atoms with Crippen LogP contribution in [0.5, 0.6) is 0 Å². The highest BCUT2D eigenvalue weighted by Gasteiger charge is 2.20. The van der Waals surface area contributed by atoms with Gasteiger partial charge in [-0.05, 0) is 12.8 Å². The van der Waals surface area contributed by atoms with E-state index < -0.39 is 0 Å². The fourth-order valence-corrected chi connectivity index (χ4v) is 2.85. The van der Waals surface area contributed by atoms with Gasteiger partial charge in [0, 0.05) is 12.2 Å². The molecule has 1 aromatic heterocycles. The van der Waals surface area contributed by atoms with Crippen molar-refractivity contribution in [1.29, 1.82) is 0 Å². The SMILES string of the molecule is O=C(NC1CCCCCC1)c1ncc(Cl)c(Cl)c1Cl. The predicted molar refractivity (Wildman–Crippen MR) is 78.2 cm³/mol. The summed E-state index contributed by atoms with van der Waals surface area (Å²) >= 11 is 17.7. The van der Waals surface area contributed by atoms with E-state index in [1.165, 1.54) is 19.0 Å². The van der Waals surface area contributed by atoms with Crippen LogP contribution in [-0.2, 0) is 0 Å². The third-order valence-electron chi connectivity index (χ3n) is 3.32. The average molecular weight is 322 g/mol. The van der Waals surface area contributed by atoms with Gasteiger partial charge in [-0.15, -0.1) is 0 Å². The fourth-order valence-electron chi connectivity index (χ4n) is 2.28. The summed E-state index contributed by atoms with van der Waals surface area (Å²) in [5.41, 5.74) is 0.139. The van der Waals surface area contributed by atoms with E-state index in [0.29, 0.717) is 0 Å². The molecule has 1 aliphatic rings. The van der Waals surface area contributed by atoms with Crippen molar-refractivity contribution in [3.8, 4) is 0 Å². The Morgan fingerprint density at radius 2 is 1.74 bits per heavy atom. The van der Waals surface area contributed by atoms with Crippen molar-refractivity contribution in [3.05, 3.63) is 27.0 Å². The van der Waals surface area contributed by atoms with Gasteiger partial charge in [-0.1, -0.05) is 60.5 Å². The number of nitrogens with zero attached hydrogens (tertiary/aromatic N) is 1. The number of hydrogen-bond acceptors (Lipinski definition) is 2. The number of pyridine rings is 1. The Kier molecular flexibility index (Phi) is 5.31. The molecule has 2 rings (SSSR count). The van der Waals surface area contributed by atoms with Crippen molar-refractivity contribution >= 4 is 40.7 Å². The van der Waals surface area contributed by atoms with E-state index >= 15 is 0 Å². The summed E-state index contributed by atoms with van der Waals surface area (Å²) in [5, 5.41) is 3.50. The number of amides is 1. The lowest BCUT2D eigenvalue weighted by atomic mass is 10.1. The summed E-state index contributed by atoms with van der Waals surface area (Å²) in [6.07, 6.45) is 8.12. The maximum atomic E-state index is 12.1. The topological polar surface area (TPSA) is 42.0 Å². The summed E-state index contributed by atoms with van der Waals surface area (Å²) in [7, 11) is 0. The molecular formula is C13H15Cl3N2O. The van der Waals surface area contributed by atoms with Crippen molar-refractivity contribution in [1.82, 2.24) is 10.3 Å². The fraction of sp³-hybridized carbons (Fsp3) is 0.538. The monoisotopic (exact) mass is 320 g/mol. The van der Waals surface area contributed by atoms with Gasteiger partial charge in [0.1, 0.15) is 5.69 Å². The molecule has 1 saturated carbocycles. The molecule has 0 spiro atoms. The molecule has 0 aromatic carbocycles. The van der Waals surface area contributed by atoms with Crippen molar-refractivity contribution in [3.63, 3.8) is 0 Å². The standard InChI is InChI=1S/C13H15Cl3N2O/c14-9-7-17-12(11(16)10(9)15)13(19)18-8-5-3-1-2-4-6-8/h7-8H,1-6H2,(H,18,19). The summed E-state index contributed by atoms with van der Waals surface area (Å²) in [6.45, 7) is 0. The molecule has 0 bridgehead atoms. The maximum Gasteiger partial charge on any atom is 0.271 e. The van der Waals surface area contributed by atoms with Crippen LogP contribution in [-0.4, -0.2) is 16.9 Å². The summed E-state index contributed by atoms with van der Waals surface area (Å²) in [4.78, 5) is 16.1. The Bertz CT molecular complexity index is 471. The highest BCUT2D eigenvalue weighted by molar-refractivity contribution is 6.48. The molecule has 19 heavy (non-hydrogen) atoms. The molecule has 0 aliphatic heterocycles. The van der Waals surface area contributed by atoms with Crippen LogP contribution in [0, 0.1) is 0 Å². The van der Waals surface area contributed by atoms with E-state index in [4.69, 9.17) is 34.8 Å². The molecule has 1 fully saturated rings. The minimum atomic E-state index is -0.282. The zero-order valence-corrected chi connectivity index (χ0v) is 12.7. The summed E-state index contributed by atoms with van der Waals surface area (Å²) < 4.78 is 0. The lowest BCUT2D eigenvalue weighted by molar-refractivity contribution is 0.0928. The van der Waals surface area contributed by atoms with Gasteiger partial charge in [-0.25, -0.2) is 4.98 Å². The predicted octanol–water partition coefficient (Wildman–Crippen LogP) is 4.49. The highest BCUT2D eigenvalue weighted by Crippen LogP contribution is 2.31. The van der Waals surface area contributed by atoms with Gasteiger partial charge in [0.2, 0.25) is 0 Å². The second kappa shape index (κ2) is 6.78. The Labute approximate surface area is 127 Å². The molecule has 1 amide bonds. The molecule has 1 heterocycles. The molecule has 1 aliphatic carbocycles. The summed E-state index contributed by atoms with van der Waals surface area (Å²) in [6, 6.07) is 0.197. The Hall–Kier alpha value is -0.510. The molecule has 104 valence electrons. The molecular weight excluding hydrogens is 307 g/mol. The van der Waals surface area contributed by atoms with Crippen LogP contribution in [0.15, 0.2) is 6.20 Å². The molecule has 0 unspecified atom stereocenters. The Morgan fingerprint density at radius 3 is 2.37 bits per heavy atom. The van der Waals surface area contributed by atoms with E-state index in [9.17, 15) is 4.79 Å². The number of rotatable bonds is 2. The van der Waals surface area contributed by atoms with E-state index in [1.54, 1.807) is 0 Å². The number of hydrogen-bond donors (Lipinski definition) is 1. The van der Waals surface area contributed by atoms with Crippen molar-refractivity contribution in [2.75, 3.05) is 0 Å². The van der Waals surface area contributed by atoms with Crippen LogP contribution >= 0.6 is 34.8 Å². The van der Waals surface area contributed by atoms with E-state index in [0.717, 1.165) is 25.7 Å². The number of nitrogens with one attached hydrogen (secondary N) is 1. The first kappa shape index (κ1) is 14.9. The van der Waals surface area contributed by atoms with Crippen molar-refractivity contribution < 1.29 is 4.79 Å². The third kappa shape index (κ3) is 3.74. The first-order valence-corrected chi connectivity index (χ1v) is 7.53. The van der Waals surface area contributed by atoms with Gasteiger partial charge in [0.15, 0.2) is 0 Å². The van der Waals surface area contributed by atoms with E-state index in [2.05, 4.69) is 10.3 Å². The largest absolute Gasteiger partial charge is 0.348 e. The van der Waals surface area contributed by atoms with Crippen LogP contribution in [0.25, 0.3) is 0 Å². The van der Waals surface area contributed by atoms with Crippen LogP contribution in [0.3, 0.4) is 0 Å². The van der Waals surface area contributed by atoms with E-state index in [-0.39, 0.29) is 32.7 Å². The number of halogens is 3. The van der Waals surface area contributed by atoms with Gasteiger partial charge in [0.25, 0.3) is 5.91 Å². The van der Waals surface area contributed by atoms with Gasteiger partial charge in [-0.3, -0.25) is 4.79 Å². The molecule has 3 nitrogen and oxygen atoms in total. The van der Waals surface area contributed by atoms with Crippen LogP contribution < -0.4 is 5.32 Å². The average Bonchev–Trinajstić information content (AvgIpc) is 2.64. The first-order valence-electron chi connectivity index (χ1n) is 6.40. The number of carbonyl (C=O) groups excluding carboxylic acids is 1. The lowest BCUT2D eigenvalue weighted by Gasteiger charge is -2.16. The minimum absolute atomic E-state index is 0.111. The van der Waals surface area contributed by atoms with Crippen molar-refractivity contribution in [2.45, 2.75) is 44.6 Å². The zero-order valence-electron chi connectivity index (χ0n) is 10.4. The second-order valence-electron chi connectivity index (χ2n) is 4.74. The smallest absolute Gasteiger partial charge is 0.271 e. The van der Waals surface area contributed by atoms with Gasteiger partial charge in [0.05, 0.1) is 15.1 Å². The van der Waals surface area contributed by atoms with E-state index in [1.807, 2.05) is 0 Å². The van der Waals surface area contributed by atoms with Crippen molar-refractivity contribution in [2.24, 2.45) is 0 Å². The molecule has 1 N–H and O–H groups in total. The number of carbonyl (C=O) groups is 1. The van der Waals surface area contributed by atoms with Gasteiger partial charge < -0.3 is 5.32 Å². The normalized spacial score (nSPS) is 17.0. The van der Waals surface area contributed by atoms with Crippen LogP contribution in [0.4, 0.5) is 0 Å².